The molecule has 0 spiro atoms. The summed E-state index contributed by atoms with van der Waals surface area (Å²) < 4.78 is 0. The second kappa shape index (κ2) is 8.17. The number of carbonyl (C=O) groups is 2. The number of nitrogens with one attached hydrogen (secondary N) is 1. The van der Waals surface area contributed by atoms with Crippen LogP contribution in [0.15, 0.2) is 42.5 Å². The number of amides is 1. The van der Waals surface area contributed by atoms with Gasteiger partial charge < -0.3 is 10.4 Å². The standard InChI is InChI=1S/C22H25NO3/c1-15(24)23-12-11-18-8-7-17-9-10-19(22(26)21(17)18)14-20(25)13-16-5-3-2-4-6-16/h2-6,9-10,18,26H,7-8,11-14H2,1H3,(H,23,24). The third kappa shape index (κ3) is 4.31. The molecule has 1 unspecified atom stereocenters. The molecule has 4 nitrogen and oxygen atoms in total. The van der Waals surface area contributed by atoms with Crippen LogP contribution in [0, 0.1) is 0 Å². The van der Waals surface area contributed by atoms with E-state index in [0.717, 1.165) is 36.0 Å². The van der Waals surface area contributed by atoms with Crippen molar-refractivity contribution >= 4 is 11.7 Å². The van der Waals surface area contributed by atoms with Crippen molar-refractivity contribution in [3.05, 3.63) is 64.7 Å². The highest BCUT2D eigenvalue weighted by Gasteiger charge is 2.27. The van der Waals surface area contributed by atoms with E-state index in [9.17, 15) is 14.7 Å². The minimum Gasteiger partial charge on any atom is -0.507 e. The smallest absolute Gasteiger partial charge is 0.216 e. The molecule has 0 heterocycles. The van der Waals surface area contributed by atoms with Crippen LogP contribution in [-0.4, -0.2) is 23.3 Å². The van der Waals surface area contributed by atoms with E-state index in [1.54, 1.807) is 0 Å². The Balaban J connectivity index is 1.70. The fourth-order valence-corrected chi connectivity index (χ4v) is 3.79. The minimum absolute atomic E-state index is 0.0345. The molecule has 3 rings (SSSR count). The predicted octanol–water partition coefficient (Wildman–Crippen LogP) is 3.30. The average Bonchev–Trinajstić information content (AvgIpc) is 3.02. The monoisotopic (exact) mass is 351 g/mol. The minimum atomic E-state index is -0.0345. The van der Waals surface area contributed by atoms with Crippen LogP contribution in [0.25, 0.3) is 0 Å². The van der Waals surface area contributed by atoms with Crippen molar-refractivity contribution in [2.75, 3.05) is 6.54 Å². The fraction of sp³-hybridized carbons (Fsp3) is 0.364. The van der Waals surface area contributed by atoms with E-state index in [1.807, 2.05) is 42.5 Å². The molecule has 2 aromatic carbocycles. The number of ketones is 1. The zero-order valence-electron chi connectivity index (χ0n) is 15.1. The summed E-state index contributed by atoms with van der Waals surface area (Å²) in [6, 6.07) is 13.6. The molecule has 0 bridgehead atoms. The number of hydrogen-bond acceptors (Lipinski definition) is 3. The van der Waals surface area contributed by atoms with E-state index >= 15 is 0 Å². The molecular weight excluding hydrogens is 326 g/mol. The summed E-state index contributed by atoms with van der Waals surface area (Å²) >= 11 is 0. The first-order valence-electron chi connectivity index (χ1n) is 9.18. The molecule has 1 aliphatic rings. The zero-order chi connectivity index (χ0) is 18.5. The van der Waals surface area contributed by atoms with Crippen LogP contribution in [-0.2, 0) is 28.9 Å². The summed E-state index contributed by atoms with van der Waals surface area (Å²) in [7, 11) is 0. The van der Waals surface area contributed by atoms with Crippen LogP contribution in [0.3, 0.4) is 0 Å². The topological polar surface area (TPSA) is 66.4 Å². The number of Topliss-reactive ketones (excluding diaryl/α,β-unsaturated/α-hetero) is 1. The summed E-state index contributed by atoms with van der Waals surface area (Å²) in [5, 5.41) is 13.6. The molecule has 4 heteroatoms. The normalized spacial score (nSPS) is 15.5. The van der Waals surface area contributed by atoms with Crippen molar-refractivity contribution in [1.82, 2.24) is 5.32 Å². The number of fused-ring (bicyclic) bond motifs is 1. The summed E-state index contributed by atoms with van der Waals surface area (Å²) in [6.45, 7) is 2.12. The van der Waals surface area contributed by atoms with Crippen LogP contribution in [0.4, 0.5) is 0 Å². The molecule has 1 amide bonds. The Morgan fingerprint density at radius 2 is 1.88 bits per heavy atom. The van der Waals surface area contributed by atoms with Crippen LogP contribution in [0.2, 0.25) is 0 Å². The molecule has 0 saturated heterocycles. The lowest BCUT2D eigenvalue weighted by Crippen LogP contribution is -2.22. The summed E-state index contributed by atoms with van der Waals surface area (Å²) in [5.74, 6) is 0.571. The molecule has 136 valence electrons. The van der Waals surface area contributed by atoms with Gasteiger partial charge in [0.05, 0.1) is 0 Å². The SMILES string of the molecule is CC(=O)NCCC1CCc2ccc(CC(=O)Cc3ccccc3)c(O)c21. The Labute approximate surface area is 154 Å². The van der Waals surface area contributed by atoms with Gasteiger partial charge in [0.2, 0.25) is 5.91 Å². The molecule has 2 aromatic rings. The van der Waals surface area contributed by atoms with E-state index < -0.39 is 0 Å². The molecule has 0 aromatic heterocycles. The number of aryl methyl sites for hydroxylation is 1. The van der Waals surface area contributed by atoms with E-state index in [1.165, 1.54) is 6.92 Å². The maximum absolute atomic E-state index is 12.4. The second-order valence-corrected chi connectivity index (χ2v) is 7.03. The fourth-order valence-electron chi connectivity index (χ4n) is 3.79. The van der Waals surface area contributed by atoms with Crippen molar-refractivity contribution in [2.24, 2.45) is 0 Å². The molecule has 0 aliphatic heterocycles. The van der Waals surface area contributed by atoms with Crippen molar-refractivity contribution in [3.63, 3.8) is 0 Å². The number of aromatic hydroxyl groups is 1. The number of benzene rings is 2. The highest BCUT2D eigenvalue weighted by molar-refractivity contribution is 5.84. The van der Waals surface area contributed by atoms with Gasteiger partial charge in [-0.1, -0.05) is 42.5 Å². The molecule has 1 aliphatic carbocycles. The van der Waals surface area contributed by atoms with Crippen molar-refractivity contribution in [3.8, 4) is 5.75 Å². The largest absolute Gasteiger partial charge is 0.507 e. The van der Waals surface area contributed by atoms with E-state index in [0.29, 0.717) is 18.5 Å². The van der Waals surface area contributed by atoms with Gasteiger partial charge in [0, 0.05) is 37.4 Å². The molecule has 26 heavy (non-hydrogen) atoms. The molecule has 1 atom stereocenters. The second-order valence-electron chi connectivity index (χ2n) is 7.03. The lowest BCUT2D eigenvalue weighted by molar-refractivity contribution is -0.119. The first-order valence-corrected chi connectivity index (χ1v) is 9.18. The van der Waals surface area contributed by atoms with Gasteiger partial charge in [-0.3, -0.25) is 9.59 Å². The Kier molecular flexibility index (Phi) is 5.71. The van der Waals surface area contributed by atoms with Crippen LogP contribution < -0.4 is 5.32 Å². The summed E-state index contributed by atoms with van der Waals surface area (Å²) in [6.07, 6.45) is 3.34. The highest BCUT2D eigenvalue weighted by Crippen LogP contribution is 2.42. The highest BCUT2D eigenvalue weighted by atomic mass is 16.3. The Morgan fingerprint density at radius 1 is 1.12 bits per heavy atom. The van der Waals surface area contributed by atoms with Gasteiger partial charge in [-0.15, -0.1) is 0 Å². The zero-order valence-corrected chi connectivity index (χ0v) is 15.1. The number of phenols is 1. The molecular formula is C22H25NO3. The maximum atomic E-state index is 12.4. The van der Waals surface area contributed by atoms with E-state index in [2.05, 4.69) is 5.32 Å². The van der Waals surface area contributed by atoms with E-state index in [-0.39, 0.29) is 29.8 Å². The van der Waals surface area contributed by atoms with E-state index in [4.69, 9.17) is 0 Å². The number of hydrogen-bond donors (Lipinski definition) is 2. The van der Waals surface area contributed by atoms with Gasteiger partial charge in [0.15, 0.2) is 0 Å². The van der Waals surface area contributed by atoms with Gasteiger partial charge in [0.25, 0.3) is 0 Å². The third-order valence-electron chi connectivity index (χ3n) is 5.06. The van der Waals surface area contributed by atoms with Gasteiger partial charge in [-0.05, 0) is 36.3 Å². The number of phenolic OH excluding ortho intramolecular Hbond substituents is 1. The summed E-state index contributed by atoms with van der Waals surface area (Å²) in [5.41, 5.74) is 3.83. The Bertz CT molecular complexity index is 799. The quantitative estimate of drug-likeness (QED) is 0.804. The Morgan fingerprint density at radius 3 is 2.62 bits per heavy atom. The third-order valence-corrected chi connectivity index (χ3v) is 5.06. The number of carbonyl (C=O) groups excluding carboxylic acids is 2. The van der Waals surface area contributed by atoms with Crippen molar-refractivity contribution in [2.45, 2.75) is 44.9 Å². The van der Waals surface area contributed by atoms with Crippen LogP contribution in [0.1, 0.15) is 47.9 Å². The first kappa shape index (κ1) is 18.2. The molecule has 2 N–H and O–H groups in total. The molecule has 0 fully saturated rings. The van der Waals surface area contributed by atoms with Gasteiger partial charge in [0.1, 0.15) is 11.5 Å². The molecule has 0 saturated carbocycles. The predicted molar refractivity (Wildman–Crippen MR) is 101 cm³/mol. The molecule has 0 radical (unpaired) electrons. The lowest BCUT2D eigenvalue weighted by atomic mass is 9.92. The number of rotatable bonds is 7. The van der Waals surface area contributed by atoms with Crippen LogP contribution in [0.5, 0.6) is 5.75 Å². The maximum Gasteiger partial charge on any atom is 0.216 e. The average molecular weight is 351 g/mol. The van der Waals surface area contributed by atoms with Crippen molar-refractivity contribution in [1.29, 1.82) is 0 Å². The Hall–Kier alpha value is -2.62. The lowest BCUT2D eigenvalue weighted by Gasteiger charge is -2.16. The summed E-state index contributed by atoms with van der Waals surface area (Å²) in [4.78, 5) is 23.5. The van der Waals surface area contributed by atoms with Gasteiger partial charge >= 0.3 is 0 Å². The van der Waals surface area contributed by atoms with Gasteiger partial charge in [-0.2, -0.15) is 0 Å². The van der Waals surface area contributed by atoms with Crippen molar-refractivity contribution < 1.29 is 14.7 Å². The van der Waals surface area contributed by atoms with Gasteiger partial charge in [-0.25, -0.2) is 0 Å². The first-order chi connectivity index (χ1) is 12.5. The van der Waals surface area contributed by atoms with Crippen LogP contribution >= 0.6 is 0 Å².